The Hall–Kier alpha value is -1.58. The summed E-state index contributed by atoms with van der Waals surface area (Å²) in [6.07, 6.45) is 1.06. The molecule has 0 aliphatic carbocycles. The van der Waals surface area contributed by atoms with Gasteiger partial charge in [-0.3, -0.25) is 10.1 Å². The molecule has 1 N–H and O–H groups in total. The molecule has 0 bridgehead atoms. The van der Waals surface area contributed by atoms with Crippen molar-refractivity contribution in [2.24, 2.45) is 5.92 Å². The highest BCUT2D eigenvalue weighted by molar-refractivity contribution is 5.64. The fraction of sp³-hybridized carbons (Fsp3) is 0.538. The van der Waals surface area contributed by atoms with E-state index in [1.807, 2.05) is 19.9 Å². The zero-order valence-corrected chi connectivity index (χ0v) is 10.9. The van der Waals surface area contributed by atoms with Gasteiger partial charge in [0.2, 0.25) is 0 Å². The Balaban J connectivity index is 2.96. The van der Waals surface area contributed by atoms with Crippen molar-refractivity contribution in [1.29, 1.82) is 0 Å². The van der Waals surface area contributed by atoms with Gasteiger partial charge in [0.1, 0.15) is 5.69 Å². The normalized spacial score (nSPS) is 12.2. The summed E-state index contributed by atoms with van der Waals surface area (Å²) in [5.74, 6) is 0.510. The predicted octanol–water partition coefficient (Wildman–Crippen LogP) is 3.67. The molecule has 0 spiro atoms. The van der Waals surface area contributed by atoms with E-state index in [2.05, 4.69) is 19.2 Å². The highest BCUT2D eigenvalue weighted by atomic mass is 16.6. The molecule has 1 aromatic rings. The van der Waals surface area contributed by atoms with Crippen LogP contribution in [0.4, 0.5) is 11.4 Å². The molecule has 0 aromatic heterocycles. The van der Waals surface area contributed by atoms with Crippen LogP contribution in [0.5, 0.6) is 0 Å². The molecular formula is C13H20N2O2. The summed E-state index contributed by atoms with van der Waals surface area (Å²) in [6.45, 7) is 8.86. The van der Waals surface area contributed by atoms with Gasteiger partial charge in [-0.1, -0.05) is 20.3 Å². The number of nitrogens with zero attached hydrogens (tertiary/aromatic N) is 1. The van der Waals surface area contributed by atoms with E-state index in [1.54, 1.807) is 6.07 Å². The third-order valence-corrected chi connectivity index (χ3v) is 3.15. The van der Waals surface area contributed by atoms with Crippen molar-refractivity contribution >= 4 is 11.4 Å². The number of rotatable bonds is 5. The molecule has 94 valence electrons. The van der Waals surface area contributed by atoms with Crippen LogP contribution in [-0.4, -0.2) is 11.5 Å². The fourth-order valence-corrected chi connectivity index (χ4v) is 1.52. The van der Waals surface area contributed by atoms with Crippen molar-refractivity contribution in [1.82, 2.24) is 0 Å². The Labute approximate surface area is 102 Å². The van der Waals surface area contributed by atoms with Crippen molar-refractivity contribution in [3.63, 3.8) is 0 Å². The van der Waals surface area contributed by atoms with Gasteiger partial charge in [0, 0.05) is 12.6 Å². The Morgan fingerprint density at radius 1 is 1.35 bits per heavy atom. The van der Waals surface area contributed by atoms with Gasteiger partial charge in [0.05, 0.1) is 4.92 Å². The highest BCUT2D eigenvalue weighted by Gasteiger charge is 2.15. The number of hydrogen-bond acceptors (Lipinski definition) is 3. The largest absolute Gasteiger partial charge is 0.379 e. The van der Waals surface area contributed by atoms with E-state index in [9.17, 15) is 10.1 Å². The summed E-state index contributed by atoms with van der Waals surface area (Å²) >= 11 is 0. The van der Waals surface area contributed by atoms with E-state index in [4.69, 9.17) is 0 Å². The van der Waals surface area contributed by atoms with Crippen LogP contribution in [0.2, 0.25) is 0 Å². The summed E-state index contributed by atoms with van der Waals surface area (Å²) in [6, 6.07) is 3.49. The van der Waals surface area contributed by atoms with E-state index in [0.717, 1.165) is 24.1 Å². The Morgan fingerprint density at radius 2 is 1.94 bits per heavy atom. The zero-order valence-electron chi connectivity index (χ0n) is 10.9. The van der Waals surface area contributed by atoms with Crippen molar-refractivity contribution in [3.05, 3.63) is 33.4 Å². The summed E-state index contributed by atoms with van der Waals surface area (Å²) in [7, 11) is 0. The second-order valence-electron chi connectivity index (χ2n) is 4.61. The van der Waals surface area contributed by atoms with Gasteiger partial charge in [-0.15, -0.1) is 0 Å². The third-order valence-electron chi connectivity index (χ3n) is 3.15. The van der Waals surface area contributed by atoms with Crippen molar-refractivity contribution < 1.29 is 4.92 Å². The number of nitrogens with one attached hydrogen (secondary N) is 1. The first-order valence-electron chi connectivity index (χ1n) is 5.95. The standard InChI is InChI=1S/C13H20N2O2/c1-5-9(2)8-14-12-6-10(3)11(4)7-13(12)15(16)17/h6-7,9,14H,5,8H2,1-4H3. The first-order valence-corrected chi connectivity index (χ1v) is 5.95. The highest BCUT2D eigenvalue weighted by Crippen LogP contribution is 2.28. The lowest BCUT2D eigenvalue weighted by Crippen LogP contribution is -2.11. The molecule has 17 heavy (non-hydrogen) atoms. The van der Waals surface area contributed by atoms with Crippen LogP contribution in [0.25, 0.3) is 0 Å². The SMILES string of the molecule is CCC(C)CNc1cc(C)c(C)cc1[N+](=O)[O-]. The monoisotopic (exact) mass is 236 g/mol. The molecule has 0 heterocycles. The molecule has 4 nitrogen and oxygen atoms in total. The van der Waals surface area contributed by atoms with Crippen LogP contribution in [0.3, 0.4) is 0 Å². The van der Waals surface area contributed by atoms with Gasteiger partial charge in [-0.05, 0) is 37.0 Å². The molecule has 0 saturated heterocycles. The number of anilines is 1. The van der Waals surface area contributed by atoms with Crippen LogP contribution < -0.4 is 5.32 Å². The minimum Gasteiger partial charge on any atom is -0.379 e. The average molecular weight is 236 g/mol. The van der Waals surface area contributed by atoms with Crippen molar-refractivity contribution in [2.45, 2.75) is 34.1 Å². The smallest absolute Gasteiger partial charge is 0.292 e. The maximum absolute atomic E-state index is 11.0. The molecule has 1 atom stereocenters. The molecule has 1 aromatic carbocycles. The quantitative estimate of drug-likeness (QED) is 0.627. The Morgan fingerprint density at radius 3 is 2.47 bits per heavy atom. The topological polar surface area (TPSA) is 55.2 Å². The molecule has 0 aliphatic rings. The van der Waals surface area contributed by atoms with E-state index in [1.165, 1.54) is 0 Å². The number of hydrogen-bond donors (Lipinski definition) is 1. The van der Waals surface area contributed by atoms with E-state index >= 15 is 0 Å². The van der Waals surface area contributed by atoms with Crippen LogP contribution in [-0.2, 0) is 0 Å². The lowest BCUT2D eigenvalue weighted by molar-refractivity contribution is -0.384. The lowest BCUT2D eigenvalue weighted by atomic mass is 10.1. The number of nitro benzene ring substituents is 1. The number of benzene rings is 1. The summed E-state index contributed by atoms with van der Waals surface area (Å²) in [5.41, 5.74) is 2.81. The van der Waals surface area contributed by atoms with Gasteiger partial charge < -0.3 is 5.32 Å². The van der Waals surface area contributed by atoms with Gasteiger partial charge in [0.25, 0.3) is 5.69 Å². The molecule has 1 rings (SSSR count). The van der Waals surface area contributed by atoms with Crippen LogP contribution in [0.15, 0.2) is 12.1 Å². The molecular weight excluding hydrogens is 216 g/mol. The first-order chi connectivity index (χ1) is 7.95. The lowest BCUT2D eigenvalue weighted by Gasteiger charge is -2.13. The van der Waals surface area contributed by atoms with Crippen LogP contribution >= 0.6 is 0 Å². The van der Waals surface area contributed by atoms with E-state index in [-0.39, 0.29) is 10.6 Å². The average Bonchev–Trinajstić information content (AvgIpc) is 2.29. The van der Waals surface area contributed by atoms with Gasteiger partial charge in [-0.2, -0.15) is 0 Å². The van der Waals surface area contributed by atoms with Crippen molar-refractivity contribution in [3.8, 4) is 0 Å². The van der Waals surface area contributed by atoms with E-state index in [0.29, 0.717) is 11.6 Å². The number of aryl methyl sites for hydroxylation is 2. The minimum atomic E-state index is -0.328. The summed E-state index contributed by atoms with van der Waals surface area (Å²) in [5, 5.41) is 14.1. The maximum atomic E-state index is 11.0. The molecule has 0 fully saturated rings. The first kappa shape index (κ1) is 13.5. The zero-order chi connectivity index (χ0) is 13.0. The molecule has 0 aliphatic heterocycles. The van der Waals surface area contributed by atoms with Crippen LogP contribution in [0.1, 0.15) is 31.4 Å². The van der Waals surface area contributed by atoms with Gasteiger partial charge in [-0.25, -0.2) is 0 Å². The van der Waals surface area contributed by atoms with Gasteiger partial charge in [0.15, 0.2) is 0 Å². The van der Waals surface area contributed by atoms with Crippen molar-refractivity contribution in [2.75, 3.05) is 11.9 Å². The summed E-state index contributed by atoms with van der Waals surface area (Å²) < 4.78 is 0. The molecule has 0 saturated carbocycles. The maximum Gasteiger partial charge on any atom is 0.292 e. The molecule has 0 amide bonds. The van der Waals surface area contributed by atoms with E-state index < -0.39 is 0 Å². The molecule has 0 radical (unpaired) electrons. The second kappa shape index (κ2) is 5.66. The fourth-order valence-electron chi connectivity index (χ4n) is 1.52. The molecule has 1 unspecified atom stereocenters. The molecule has 4 heteroatoms. The summed E-state index contributed by atoms with van der Waals surface area (Å²) in [4.78, 5) is 10.6. The predicted molar refractivity (Wildman–Crippen MR) is 70.5 cm³/mol. The Kier molecular flexibility index (Phi) is 4.49. The third kappa shape index (κ3) is 3.44. The van der Waals surface area contributed by atoms with Gasteiger partial charge >= 0.3 is 0 Å². The number of nitro groups is 1. The minimum absolute atomic E-state index is 0.163. The second-order valence-corrected chi connectivity index (χ2v) is 4.61. The Bertz CT molecular complexity index is 416. The van der Waals surface area contributed by atoms with Crippen LogP contribution in [0, 0.1) is 29.9 Å².